The van der Waals surface area contributed by atoms with E-state index in [-0.39, 0.29) is 55.8 Å². The largest absolute Gasteiger partial charge is 0.756 e. The number of rotatable bonds is 13. The zero-order chi connectivity index (χ0) is 29.7. The number of benzene rings is 1. The van der Waals surface area contributed by atoms with Crippen LogP contribution in [-0.4, -0.2) is 97.7 Å². The van der Waals surface area contributed by atoms with Gasteiger partial charge in [-0.05, 0) is 18.2 Å². The third kappa shape index (κ3) is 8.66. The molecule has 17 heteroatoms. The molecule has 1 aromatic carbocycles. The van der Waals surface area contributed by atoms with Crippen molar-refractivity contribution < 1.29 is 66.2 Å². The monoisotopic (exact) mass is 585 g/mol. The van der Waals surface area contributed by atoms with Crippen molar-refractivity contribution in [3.63, 3.8) is 0 Å². The van der Waals surface area contributed by atoms with E-state index in [4.69, 9.17) is 23.5 Å². The molecule has 0 spiro atoms. The molecule has 40 heavy (non-hydrogen) atoms. The van der Waals surface area contributed by atoms with Crippen molar-refractivity contribution in [3.8, 4) is 5.75 Å². The van der Waals surface area contributed by atoms with E-state index < -0.39 is 50.0 Å². The number of amides is 4. The molecule has 0 aliphatic carbocycles. The fourth-order valence-corrected chi connectivity index (χ4v) is 3.96. The maximum absolute atomic E-state index is 12.7. The number of carbonyl (C=O) groups is 6. The van der Waals surface area contributed by atoms with Crippen LogP contribution in [0, 0.1) is 0 Å². The van der Waals surface area contributed by atoms with Gasteiger partial charge in [0.25, 0.3) is 31.5 Å². The number of phosphoric acid groups is 1. The van der Waals surface area contributed by atoms with Crippen molar-refractivity contribution in [2.75, 3.05) is 47.5 Å². The second-order valence-corrected chi connectivity index (χ2v) is 11.1. The summed E-state index contributed by atoms with van der Waals surface area (Å²) in [7, 11) is 0.917. The van der Waals surface area contributed by atoms with Crippen LogP contribution in [0.5, 0.6) is 5.75 Å². The first-order valence-electron chi connectivity index (χ1n) is 12.0. The van der Waals surface area contributed by atoms with Crippen molar-refractivity contribution in [1.82, 2.24) is 10.1 Å². The smallest absolute Gasteiger partial charge is 0.364 e. The van der Waals surface area contributed by atoms with Gasteiger partial charge >= 0.3 is 11.9 Å². The van der Waals surface area contributed by atoms with E-state index >= 15 is 0 Å². The molecule has 0 aromatic heterocycles. The van der Waals surface area contributed by atoms with Crippen molar-refractivity contribution in [2.45, 2.75) is 25.7 Å². The van der Waals surface area contributed by atoms with Gasteiger partial charge in [0.05, 0.1) is 38.9 Å². The maximum Gasteiger partial charge on any atom is 0.364 e. The van der Waals surface area contributed by atoms with Gasteiger partial charge < -0.3 is 32.8 Å². The zero-order valence-corrected chi connectivity index (χ0v) is 22.9. The van der Waals surface area contributed by atoms with Crippen molar-refractivity contribution in [2.24, 2.45) is 0 Å². The molecule has 0 bridgehead atoms. The number of phosphoric ester groups is 1. The molecule has 2 aliphatic rings. The Morgan fingerprint density at radius 3 is 1.62 bits per heavy atom. The minimum atomic E-state index is -4.64. The number of carbonyl (C=O) groups excluding carboxylic acids is 6. The Labute approximate surface area is 228 Å². The molecule has 3 rings (SSSR count). The molecule has 2 saturated heterocycles. The van der Waals surface area contributed by atoms with Gasteiger partial charge in [-0.3, -0.25) is 23.7 Å². The fourth-order valence-electron chi connectivity index (χ4n) is 3.28. The number of hydrogen-bond donors (Lipinski definition) is 0. The van der Waals surface area contributed by atoms with Gasteiger partial charge in [0.1, 0.15) is 25.5 Å². The van der Waals surface area contributed by atoms with Crippen molar-refractivity contribution in [1.29, 1.82) is 0 Å². The predicted octanol–water partition coefficient (Wildman–Crippen LogP) is -0.285. The molecular formula is C23H28N3O13P. The molecule has 0 radical (unpaired) electrons. The van der Waals surface area contributed by atoms with Crippen molar-refractivity contribution >= 4 is 43.4 Å². The number of likely N-dealkylation sites (N-methyl/N-ethyl adjacent to an activating group) is 1. The van der Waals surface area contributed by atoms with Crippen LogP contribution in [0.25, 0.3) is 0 Å². The summed E-state index contributed by atoms with van der Waals surface area (Å²) >= 11 is 0. The Morgan fingerprint density at radius 1 is 0.775 bits per heavy atom. The SMILES string of the molecule is C[N+](C)(C)CCOP(=O)([O-])OCCOc1cc(C(=O)ON2C(=O)CCC2=O)cc(C(=O)ON2C(=O)CCC2=O)c1. The molecule has 2 fully saturated rings. The molecule has 1 unspecified atom stereocenters. The van der Waals surface area contributed by atoms with Crippen LogP contribution >= 0.6 is 7.82 Å². The number of nitrogens with zero attached hydrogens (tertiary/aromatic N) is 3. The van der Waals surface area contributed by atoms with Crippen LogP contribution in [0.3, 0.4) is 0 Å². The van der Waals surface area contributed by atoms with E-state index in [1.165, 1.54) is 0 Å². The summed E-state index contributed by atoms with van der Waals surface area (Å²) in [4.78, 5) is 94.2. The third-order valence-corrected chi connectivity index (χ3v) is 6.35. The topological polar surface area (TPSA) is 195 Å². The number of hydrogen-bond acceptors (Lipinski definition) is 13. The van der Waals surface area contributed by atoms with Crippen LogP contribution in [0.4, 0.5) is 0 Å². The van der Waals surface area contributed by atoms with Crippen LogP contribution in [0.2, 0.25) is 0 Å². The number of hydroxylamine groups is 4. The average Bonchev–Trinajstić information content (AvgIpc) is 3.35. The lowest BCUT2D eigenvalue weighted by atomic mass is 10.1. The van der Waals surface area contributed by atoms with Crippen LogP contribution in [0.1, 0.15) is 46.4 Å². The summed E-state index contributed by atoms with van der Waals surface area (Å²) in [5.41, 5.74) is -0.731. The molecule has 2 heterocycles. The first-order chi connectivity index (χ1) is 18.6. The van der Waals surface area contributed by atoms with E-state index in [1.807, 2.05) is 21.1 Å². The highest BCUT2D eigenvalue weighted by atomic mass is 31.2. The maximum atomic E-state index is 12.7. The lowest BCUT2D eigenvalue weighted by molar-refractivity contribution is -0.870. The van der Waals surface area contributed by atoms with E-state index in [0.717, 1.165) is 18.2 Å². The van der Waals surface area contributed by atoms with Gasteiger partial charge in [0.15, 0.2) is 0 Å². The van der Waals surface area contributed by atoms with E-state index in [9.17, 15) is 38.2 Å². The quantitative estimate of drug-likeness (QED) is 0.127. The zero-order valence-electron chi connectivity index (χ0n) is 22.0. The highest BCUT2D eigenvalue weighted by Gasteiger charge is 2.35. The van der Waals surface area contributed by atoms with Crippen molar-refractivity contribution in [3.05, 3.63) is 29.3 Å². The van der Waals surface area contributed by atoms with Gasteiger partial charge in [-0.25, -0.2) is 9.59 Å². The van der Waals surface area contributed by atoms with Gasteiger partial charge in [-0.15, -0.1) is 10.1 Å². The van der Waals surface area contributed by atoms with E-state index in [2.05, 4.69) is 0 Å². The summed E-state index contributed by atoms with van der Waals surface area (Å²) < 4.78 is 27.3. The predicted molar refractivity (Wildman–Crippen MR) is 127 cm³/mol. The molecular weight excluding hydrogens is 557 g/mol. The minimum Gasteiger partial charge on any atom is -0.756 e. The molecule has 0 saturated carbocycles. The second kappa shape index (κ2) is 12.7. The summed E-state index contributed by atoms with van der Waals surface area (Å²) in [6.45, 7) is -0.584. The third-order valence-electron chi connectivity index (χ3n) is 5.35. The standard InChI is InChI=1S/C23H28N3O13P/c1-26(2,3)8-9-36-40(33,34)37-11-10-35-17-13-15(22(31)38-24-18(27)4-5-19(24)28)12-16(14-17)23(32)39-25-20(29)6-7-21(25)30/h12-14H,4-11H2,1-3H3. The van der Waals surface area contributed by atoms with Gasteiger partial charge in [-0.2, -0.15) is 0 Å². The number of imide groups is 2. The highest BCUT2D eigenvalue weighted by Crippen LogP contribution is 2.37. The highest BCUT2D eigenvalue weighted by molar-refractivity contribution is 7.45. The van der Waals surface area contributed by atoms with Crippen LogP contribution in [0.15, 0.2) is 18.2 Å². The molecule has 4 amide bonds. The Kier molecular flexibility index (Phi) is 9.76. The summed E-state index contributed by atoms with van der Waals surface area (Å²) in [5.74, 6) is -5.53. The Balaban J connectivity index is 1.70. The Hall–Kier alpha value is -3.69. The van der Waals surface area contributed by atoms with Crippen LogP contribution < -0.4 is 9.63 Å². The normalized spacial score (nSPS) is 17.3. The Bertz CT molecular complexity index is 1160. The first kappa shape index (κ1) is 30.8. The molecule has 0 N–H and O–H groups in total. The van der Waals surface area contributed by atoms with Crippen LogP contribution in [-0.2, 0) is 42.5 Å². The minimum absolute atomic E-state index is 0.106. The summed E-state index contributed by atoms with van der Waals surface area (Å²) in [5, 5.41) is 0.598. The molecule has 16 nitrogen and oxygen atoms in total. The average molecular weight is 585 g/mol. The van der Waals surface area contributed by atoms with Gasteiger partial charge in [0.2, 0.25) is 0 Å². The summed E-state index contributed by atoms with van der Waals surface area (Å²) in [6, 6.07) is 3.15. The van der Waals surface area contributed by atoms with E-state index in [1.54, 1.807) is 0 Å². The lowest BCUT2D eigenvalue weighted by Gasteiger charge is -2.27. The van der Waals surface area contributed by atoms with Gasteiger partial charge in [-0.1, -0.05) is 0 Å². The Morgan fingerprint density at radius 2 is 1.20 bits per heavy atom. The fraction of sp³-hybridized carbons (Fsp3) is 0.478. The molecule has 2 aliphatic heterocycles. The first-order valence-corrected chi connectivity index (χ1v) is 13.5. The van der Waals surface area contributed by atoms with E-state index in [0.29, 0.717) is 21.2 Å². The van der Waals surface area contributed by atoms with Gasteiger partial charge in [0, 0.05) is 25.7 Å². The lowest BCUT2D eigenvalue weighted by Crippen LogP contribution is -2.37. The molecule has 218 valence electrons. The summed E-state index contributed by atoms with van der Waals surface area (Å²) in [6.07, 6.45) is -0.582. The second-order valence-electron chi connectivity index (χ2n) is 9.64. The molecule has 1 atom stereocenters. The molecule has 1 aromatic rings. The number of quaternary nitrogens is 1. The number of ether oxygens (including phenoxy) is 1.